The number of nitrogens with one attached hydrogen (secondary N) is 2. The van der Waals surface area contributed by atoms with Crippen LogP contribution in [0.4, 0.5) is 0 Å². The standard InChI is InChI=1S/C21H21Cl2N3O4/c22-16-6-5-15(19(23)10-16)13-30-17-7-3-14(4-8-17)11-25-26-21(28)20(27)24-12-18-2-1-9-29-18/h3-8,10-11,18H,1-2,9,12-13H2,(H,24,27)(H,26,28)/b25-11-/t18-/m1/s1. The summed E-state index contributed by atoms with van der Waals surface area (Å²) in [5, 5.41) is 7.44. The zero-order valence-electron chi connectivity index (χ0n) is 16.1. The van der Waals surface area contributed by atoms with E-state index in [1.165, 1.54) is 6.21 Å². The SMILES string of the molecule is O=C(NC[C@H]1CCCO1)C(=O)N/N=C\c1ccc(OCc2ccc(Cl)cc2Cl)cc1. The number of carbonyl (C=O) groups is 2. The van der Waals surface area contributed by atoms with Gasteiger partial charge in [0.1, 0.15) is 12.4 Å². The Balaban J connectivity index is 1.42. The highest BCUT2D eigenvalue weighted by Crippen LogP contribution is 2.22. The van der Waals surface area contributed by atoms with Crippen LogP contribution in [0.2, 0.25) is 10.0 Å². The van der Waals surface area contributed by atoms with Crippen molar-refractivity contribution in [1.82, 2.24) is 10.7 Å². The van der Waals surface area contributed by atoms with Gasteiger partial charge in [-0.1, -0.05) is 29.3 Å². The second-order valence-corrected chi connectivity index (χ2v) is 7.48. The monoisotopic (exact) mass is 449 g/mol. The number of hydrazone groups is 1. The van der Waals surface area contributed by atoms with Crippen LogP contribution in [0.15, 0.2) is 47.6 Å². The molecule has 0 radical (unpaired) electrons. The van der Waals surface area contributed by atoms with Crippen molar-refractivity contribution in [2.75, 3.05) is 13.2 Å². The Kier molecular flexibility index (Phi) is 8.07. The number of halogens is 2. The summed E-state index contributed by atoms with van der Waals surface area (Å²) in [6.07, 6.45) is 3.26. The lowest BCUT2D eigenvalue weighted by Gasteiger charge is -2.09. The molecule has 0 aliphatic carbocycles. The van der Waals surface area contributed by atoms with Gasteiger partial charge in [-0.05, 0) is 54.8 Å². The minimum atomic E-state index is -0.830. The largest absolute Gasteiger partial charge is 0.489 e. The zero-order chi connectivity index (χ0) is 21.3. The van der Waals surface area contributed by atoms with Gasteiger partial charge in [0, 0.05) is 28.8 Å². The highest BCUT2D eigenvalue weighted by atomic mass is 35.5. The molecule has 0 spiro atoms. The fourth-order valence-corrected chi connectivity index (χ4v) is 3.22. The lowest BCUT2D eigenvalue weighted by Crippen LogP contribution is -2.41. The first kappa shape index (κ1) is 22.1. The van der Waals surface area contributed by atoms with Crippen LogP contribution in [0.3, 0.4) is 0 Å². The predicted octanol–water partition coefficient (Wildman–Crippen LogP) is 3.32. The maximum atomic E-state index is 11.7. The van der Waals surface area contributed by atoms with Crippen LogP contribution in [0.1, 0.15) is 24.0 Å². The molecule has 2 aromatic rings. The van der Waals surface area contributed by atoms with Crippen LogP contribution in [0.5, 0.6) is 5.75 Å². The van der Waals surface area contributed by atoms with Crippen LogP contribution in [0, 0.1) is 0 Å². The number of benzene rings is 2. The van der Waals surface area contributed by atoms with Crippen LogP contribution in [0.25, 0.3) is 0 Å². The fraction of sp³-hybridized carbons (Fsp3) is 0.286. The van der Waals surface area contributed by atoms with E-state index in [0.29, 0.717) is 35.6 Å². The molecule has 1 saturated heterocycles. The number of amides is 2. The van der Waals surface area contributed by atoms with Gasteiger partial charge in [0.05, 0.1) is 12.3 Å². The van der Waals surface area contributed by atoms with E-state index in [9.17, 15) is 9.59 Å². The predicted molar refractivity (Wildman–Crippen MR) is 115 cm³/mol. The van der Waals surface area contributed by atoms with Gasteiger partial charge in [-0.25, -0.2) is 5.43 Å². The molecule has 1 aliphatic rings. The number of hydrogen-bond acceptors (Lipinski definition) is 5. The molecule has 158 valence electrons. The Morgan fingerprint density at radius 2 is 1.97 bits per heavy atom. The van der Waals surface area contributed by atoms with Gasteiger partial charge in [-0.15, -0.1) is 0 Å². The number of nitrogens with zero attached hydrogens (tertiary/aromatic N) is 1. The molecule has 1 heterocycles. The summed E-state index contributed by atoms with van der Waals surface area (Å²) in [5.41, 5.74) is 3.75. The first-order valence-electron chi connectivity index (χ1n) is 9.41. The molecule has 2 N–H and O–H groups in total. The molecule has 30 heavy (non-hydrogen) atoms. The molecule has 7 nitrogen and oxygen atoms in total. The van der Waals surface area contributed by atoms with E-state index in [0.717, 1.165) is 24.0 Å². The first-order valence-corrected chi connectivity index (χ1v) is 10.2. The average molecular weight is 450 g/mol. The van der Waals surface area contributed by atoms with E-state index in [4.69, 9.17) is 32.7 Å². The molecule has 9 heteroatoms. The van der Waals surface area contributed by atoms with Crippen molar-refractivity contribution in [1.29, 1.82) is 0 Å². The van der Waals surface area contributed by atoms with E-state index >= 15 is 0 Å². The summed E-state index contributed by atoms with van der Waals surface area (Å²) in [6, 6.07) is 12.3. The summed E-state index contributed by atoms with van der Waals surface area (Å²) in [6.45, 7) is 1.31. The van der Waals surface area contributed by atoms with E-state index in [1.54, 1.807) is 36.4 Å². The minimum Gasteiger partial charge on any atom is -0.489 e. The normalized spacial score (nSPS) is 15.9. The fourth-order valence-electron chi connectivity index (χ4n) is 2.76. The number of hydrogen-bond donors (Lipinski definition) is 2. The van der Waals surface area contributed by atoms with E-state index < -0.39 is 11.8 Å². The highest BCUT2D eigenvalue weighted by Gasteiger charge is 2.18. The smallest absolute Gasteiger partial charge is 0.329 e. The summed E-state index contributed by atoms with van der Waals surface area (Å²) < 4.78 is 11.1. The van der Waals surface area contributed by atoms with Crippen molar-refractivity contribution >= 4 is 41.2 Å². The van der Waals surface area contributed by atoms with Crippen molar-refractivity contribution in [2.24, 2.45) is 5.10 Å². The molecule has 0 aromatic heterocycles. The molecule has 0 unspecified atom stereocenters. The molecular weight excluding hydrogens is 429 g/mol. The van der Waals surface area contributed by atoms with Crippen molar-refractivity contribution in [3.05, 3.63) is 63.6 Å². The summed E-state index contributed by atoms with van der Waals surface area (Å²) >= 11 is 12.0. The molecule has 2 aromatic carbocycles. The van der Waals surface area contributed by atoms with Crippen LogP contribution < -0.4 is 15.5 Å². The molecular formula is C21H21Cl2N3O4. The first-order chi connectivity index (χ1) is 14.5. The Bertz CT molecular complexity index is 913. The molecule has 1 aliphatic heterocycles. The number of carbonyl (C=O) groups excluding carboxylic acids is 2. The second kappa shape index (κ2) is 11.0. The summed E-state index contributed by atoms with van der Waals surface area (Å²) in [7, 11) is 0. The van der Waals surface area contributed by atoms with Gasteiger partial charge in [0.25, 0.3) is 0 Å². The Morgan fingerprint density at radius 3 is 2.67 bits per heavy atom. The Morgan fingerprint density at radius 1 is 1.17 bits per heavy atom. The molecule has 3 rings (SSSR count). The molecule has 0 saturated carbocycles. The van der Waals surface area contributed by atoms with Gasteiger partial charge in [-0.3, -0.25) is 9.59 Å². The van der Waals surface area contributed by atoms with Gasteiger partial charge >= 0.3 is 11.8 Å². The summed E-state index contributed by atoms with van der Waals surface area (Å²) in [5.74, 6) is -0.924. The van der Waals surface area contributed by atoms with Crippen molar-refractivity contribution < 1.29 is 19.1 Å². The van der Waals surface area contributed by atoms with Crippen molar-refractivity contribution in [3.63, 3.8) is 0 Å². The third-order valence-corrected chi connectivity index (χ3v) is 4.98. The molecule has 0 bridgehead atoms. The number of ether oxygens (including phenoxy) is 2. The molecule has 1 fully saturated rings. The van der Waals surface area contributed by atoms with Crippen LogP contribution in [-0.4, -0.2) is 37.3 Å². The number of rotatable bonds is 7. The average Bonchev–Trinajstić information content (AvgIpc) is 3.26. The quantitative estimate of drug-likeness (QED) is 0.385. The second-order valence-electron chi connectivity index (χ2n) is 6.64. The lowest BCUT2D eigenvalue weighted by molar-refractivity contribution is -0.139. The van der Waals surface area contributed by atoms with E-state index in [1.807, 2.05) is 6.07 Å². The topological polar surface area (TPSA) is 89.0 Å². The highest BCUT2D eigenvalue weighted by molar-refractivity contribution is 6.35. The lowest BCUT2D eigenvalue weighted by atomic mass is 10.2. The minimum absolute atomic E-state index is 0.0262. The van der Waals surface area contributed by atoms with Crippen LogP contribution >= 0.6 is 23.2 Å². The van der Waals surface area contributed by atoms with Crippen molar-refractivity contribution in [2.45, 2.75) is 25.6 Å². The third kappa shape index (κ3) is 6.73. The van der Waals surface area contributed by atoms with Gasteiger partial charge in [-0.2, -0.15) is 5.10 Å². The van der Waals surface area contributed by atoms with Crippen LogP contribution in [-0.2, 0) is 20.9 Å². The van der Waals surface area contributed by atoms with Gasteiger partial charge in [0.2, 0.25) is 0 Å². The molecule has 2 amide bonds. The van der Waals surface area contributed by atoms with Crippen molar-refractivity contribution in [3.8, 4) is 5.75 Å². The maximum Gasteiger partial charge on any atom is 0.329 e. The van der Waals surface area contributed by atoms with E-state index in [2.05, 4.69) is 15.8 Å². The Labute approximate surface area is 184 Å². The Hall–Kier alpha value is -2.61. The van der Waals surface area contributed by atoms with Gasteiger partial charge in [0.15, 0.2) is 0 Å². The van der Waals surface area contributed by atoms with Gasteiger partial charge < -0.3 is 14.8 Å². The zero-order valence-corrected chi connectivity index (χ0v) is 17.6. The molecule has 1 atom stereocenters. The van der Waals surface area contributed by atoms with E-state index in [-0.39, 0.29) is 6.10 Å². The third-order valence-electron chi connectivity index (χ3n) is 4.39. The summed E-state index contributed by atoms with van der Waals surface area (Å²) in [4.78, 5) is 23.5. The maximum absolute atomic E-state index is 11.7.